The van der Waals surface area contributed by atoms with Crippen LogP contribution >= 0.6 is 0 Å². The van der Waals surface area contributed by atoms with E-state index in [0.717, 1.165) is 29.7 Å². The lowest BCUT2D eigenvalue weighted by Gasteiger charge is -2.22. The van der Waals surface area contributed by atoms with E-state index in [-0.39, 0.29) is 12.5 Å². The van der Waals surface area contributed by atoms with Crippen LogP contribution in [0, 0.1) is 0 Å². The number of hydrogen-bond acceptors (Lipinski definition) is 6. The maximum absolute atomic E-state index is 13.2. The molecule has 3 aromatic heterocycles. The molecule has 4 aromatic rings. The molecule has 8 nitrogen and oxygen atoms in total. The van der Waals surface area contributed by atoms with Crippen molar-refractivity contribution in [3.05, 3.63) is 60.4 Å². The summed E-state index contributed by atoms with van der Waals surface area (Å²) in [5.41, 5.74) is 2.49. The number of likely N-dealkylation sites (N-methyl/N-ethyl adjacent to an activating group) is 1. The summed E-state index contributed by atoms with van der Waals surface area (Å²) >= 11 is 0. The van der Waals surface area contributed by atoms with Crippen molar-refractivity contribution in [2.24, 2.45) is 0 Å². The minimum absolute atomic E-state index is 0.0481. The van der Waals surface area contributed by atoms with Crippen molar-refractivity contribution in [3.8, 4) is 11.5 Å². The Morgan fingerprint density at radius 3 is 2.73 bits per heavy atom. The molecule has 1 atom stereocenters. The highest BCUT2D eigenvalue weighted by molar-refractivity contribution is 5.84. The van der Waals surface area contributed by atoms with E-state index in [2.05, 4.69) is 22.0 Å². The molecule has 0 spiro atoms. The predicted octanol–water partition coefficient (Wildman–Crippen LogP) is 3.65. The van der Waals surface area contributed by atoms with Crippen LogP contribution in [0.15, 0.2) is 53.2 Å². The normalized spacial score (nSPS) is 12.2. The van der Waals surface area contributed by atoms with Gasteiger partial charge in [-0.25, -0.2) is 4.98 Å². The fourth-order valence-electron chi connectivity index (χ4n) is 3.55. The van der Waals surface area contributed by atoms with E-state index in [9.17, 15) is 4.79 Å². The fraction of sp³-hybridized carbons (Fsp3) is 0.318. The second-order valence-corrected chi connectivity index (χ2v) is 7.23. The number of aromatic nitrogens is 5. The Hall–Kier alpha value is -3.55. The molecular formula is C22H24N6O2. The lowest BCUT2D eigenvalue weighted by Crippen LogP contribution is -2.33. The largest absolute Gasteiger partial charge is 0.337 e. The molecule has 30 heavy (non-hydrogen) atoms. The third-order valence-corrected chi connectivity index (χ3v) is 5.00. The summed E-state index contributed by atoms with van der Waals surface area (Å²) in [5, 5.41) is 3.97. The second kappa shape index (κ2) is 8.44. The number of carbonyl (C=O) groups is 1. The standard InChI is InChI=1S/C22H24N6O2/c1-4-9-19-24-16-10-5-6-12-18(16)28(19)15(2)22(29)27(3)14-20-25-21(26-30-20)17-11-7-8-13-23-17/h5-8,10-13,15H,4,9,14H2,1-3H3. The van der Waals surface area contributed by atoms with Crippen LogP contribution in [-0.2, 0) is 17.8 Å². The van der Waals surface area contributed by atoms with Gasteiger partial charge < -0.3 is 14.0 Å². The first-order valence-corrected chi connectivity index (χ1v) is 10.0. The highest BCUT2D eigenvalue weighted by Crippen LogP contribution is 2.24. The Balaban J connectivity index is 1.54. The molecule has 0 aliphatic rings. The molecular weight excluding hydrogens is 380 g/mol. The summed E-state index contributed by atoms with van der Waals surface area (Å²) in [7, 11) is 1.74. The van der Waals surface area contributed by atoms with Gasteiger partial charge in [0.15, 0.2) is 0 Å². The minimum atomic E-state index is -0.401. The molecule has 0 fully saturated rings. The second-order valence-electron chi connectivity index (χ2n) is 7.23. The third-order valence-electron chi connectivity index (χ3n) is 5.00. The van der Waals surface area contributed by atoms with Crippen LogP contribution in [0.2, 0.25) is 0 Å². The van der Waals surface area contributed by atoms with E-state index in [1.807, 2.05) is 54.0 Å². The topological polar surface area (TPSA) is 89.9 Å². The zero-order valence-corrected chi connectivity index (χ0v) is 17.3. The van der Waals surface area contributed by atoms with E-state index < -0.39 is 6.04 Å². The average molecular weight is 404 g/mol. The van der Waals surface area contributed by atoms with E-state index in [4.69, 9.17) is 9.51 Å². The van der Waals surface area contributed by atoms with Crippen molar-refractivity contribution in [1.82, 2.24) is 29.6 Å². The first-order valence-electron chi connectivity index (χ1n) is 10.0. The first-order chi connectivity index (χ1) is 14.6. The summed E-state index contributed by atoms with van der Waals surface area (Å²) in [4.78, 5) is 28.1. The number of pyridine rings is 1. The lowest BCUT2D eigenvalue weighted by atomic mass is 10.2. The molecule has 1 unspecified atom stereocenters. The number of aryl methyl sites for hydroxylation is 1. The van der Waals surface area contributed by atoms with Gasteiger partial charge in [0.25, 0.3) is 0 Å². The Labute approximate surface area is 174 Å². The van der Waals surface area contributed by atoms with Crippen molar-refractivity contribution in [3.63, 3.8) is 0 Å². The fourth-order valence-corrected chi connectivity index (χ4v) is 3.55. The van der Waals surface area contributed by atoms with Crippen LogP contribution < -0.4 is 0 Å². The SMILES string of the molecule is CCCc1nc2ccccc2n1C(C)C(=O)N(C)Cc1nc(-c2ccccn2)no1. The van der Waals surface area contributed by atoms with Gasteiger partial charge in [-0.05, 0) is 37.6 Å². The molecule has 0 aliphatic heterocycles. The Bertz CT molecular complexity index is 1150. The number of benzene rings is 1. The van der Waals surface area contributed by atoms with Gasteiger partial charge in [0.1, 0.15) is 17.6 Å². The number of fused-ring (bicyclic) bond motifs is 1. The summed E-state index contributed by atoms with van der Waals surface area (Å²) in [6.07, 6.45) is 3.44. The molecule has 0 saturated carbocycles. The molecule has 0 saturated heterocycles. The molecule has 154 valence electrons. The van der Waals surface area contributed by atoms with Crippen molar-refractivity contribution < 1.29 is 9.32 Å². The van der Waals surface area contributed by atoms with Gasteiger partial charge in [-0.1, -0.05) is 30.3 Å². The van der Waals surface area contributed by atoms with Gasteiger partial charge in [-0.15, -0.1) is 0 Å². The minimum Gasteiger partial charge on any atom is -0.337 e. The van der Waals surface area contributed by atoms with E-state index in [1.54, 1.807) is 18.1 Å². The van der Waals surface area contributed by atoms with Crippen LogP contribution in [0.4, 0.5) is 0 Å². The van der Waals surface area contributed by atoms with Crippen LogP contribution in [0.5, 0.6) is 0 Å². The summed E-state index contributed by atoms with van der Waals surface area (Å²) in [5.74, 6) is 1.64. The number of hydrogen-bond donors (Lipinski definition) is 0. The van der Waals surface area contributed by atoms with Crippen LogP contribution in [0.1, 0.15) is 38.0 Å². The lowest BCUT2D eigenvalue weighted by molar-refractivity contribution is -0.133. The van der Waals surface area contributed by atoms with Gasteiger partial charge in [-0.2, -0.15) is 4.98 Å². The van der Waals surface area contributed by atoms with Crippen molar-refractivity contribution in [1.29, 1.82) is 0 Å². The Kier molecular flexibility index (Phi) is 5.56. The maximum atomic E-state index is 13.2. The molecule has 3 heterocycles. The maximum Gasteiger partial charge on any atom is 0.246 e. The zero-order valence-electron chi connectivity index (χ0n) is 17.3. The monoisotopic (exact) mass is 404 g/mol. The quantitative estimate of drug-likeness (QED) is 0.467. The Morgan fingerprint density at radius 1 is 1.17 bits per heavy atom. The number of rotatable bonds is 7. The van der Waals surface area contributed by atoms with Gasteiger partial charge >= 0.3 is 0 Å². The van der Waals surface area contributed by atoms with Crippen LogP contribution in [0.25, 0.3) is 22.6 Å². The number of imidazole rings is 1. The zero-order chi connectivity index (χ0) is 21.1. The molecule has 0 aliphatic carbocycles. The molecule has 0 N–H and O–H groups in total. The van der Waals surface area contributed by atoms with Crippen molar-refractivity contribution in [2.45, 2.75) is 39.3 Å². The molecule has 0 bridgehead atoms. The van der Waals surface area contributed by atoms with E-state index in [1.165, 1.54) is 0 Å². The Morgan fingerprint density at radius 2 is 1.97 bits per heavy atom. The molecule has 1 aromatic carbocycles. The van der Waals surface area contributed by atoms with E-state index >= 15 is 0 Å². The number of carbonyl (C=O) groups excluding carboxylic acids is 1. The highest BCUT2D eigenvalue weighted by atomic mass is 16.5. The molecule has 1 amide bonds. The number of para-hydroxylation sites is 2. The molecule has 8 heteroatoms. The third kappa shape index (κ3) is 3.80. The van der Waals surface area contributed by atoms with Gasteiger partial charge in [0.05, 0.1) is 17.6 Å². The summed E-state index contributed by atoms with van der Waals surface area (Å²) in [6.45, 7) is 4.23. The van der Waals surface area contributed by atoms with Gasteiger partial charge in [-0.3, -0.25) is 9.78 Å². The predicted molar refractivity (Wildman–Crippen MR) is 112 cm³/mol. The van der Waals surface area contributed by atoms with Crippen molar-refractivity contribution >= 4 is 16.9 Å². The highest BCUT2D eigenvalue weighted by Gasteiger charge is 2.25. The molecule has 4 rings (SSSR count). The van der Waals surface area contributed by atoms with Crippen LogP contribution in [-0.4, -0.2) is 42.5 Å². The van der Waals surface area contributed by atoms with E-state index in [0.29, 0.717) is 17.4 Å². The number of amides is 1. The van der Waals surface area contributed by atoms with Gasteiger partial charge in [0.2, 0.25) is 17.6 Å². The van der Waals surface area contributed by atoms with Crippen LogP contribution in [0.3, 0.4) is 0 Å². The van der Waals surface area contributed by atoms with Crippen molar-refractivity contribution in [2.75, 3.05) is 7.05 Å². The average Bonchev–Trinajstić information content (AvgIpc) is 3.38. The number of nitrogens with zero attached hydrogens (tertiary/aromatic N) is 6. The summed E-state index contributed by atoms with van der Waals surface area (Å²) < 4.78 is 7.36. The van der Waals surface area contributed by atoms with Gasteiger partial charge in [0, 0.05) is 19.7 Å². The molecule has 0 radical (unpaired) electrons. The first kappa shape index (κ1) is 19.8. The smallest absolute Gasteiger partial charge is 0.246 e. The summed E-state index contributed by atoms with van der Waals surface area (Å²) in [6, 6.07) is 13.0.